The van der Waals surface area contributed by atoms with Crippen LogP contribution in [-0.4, -0.2) is 11.1 Å². The van der Waals surface area contributed by atoms with Crippen LogP contribution >= 0.6 is 11.6 Å². The second-order valence-electron chi connectivity index (χ2n) is 6.24. The molecule has 3 aromatic rings. The highest BCUT2D eigenvalue weighted by Gasteiger charge is 2.36. The molecule has 0 spiro atoms. The van der Waals surface area contributed by atoms with Crippen LogP contribution < -0.4 is 5.32 Å². The third-order valence-electron chi connectivity index (χ3n) is 4.32. The van der Waals surface area contributed by atoms with Crippen LogP contribution in [0.15, 0.2) is 67.0 Å². The monoisotopic (exact) mass is 392 g/mol. The summed E-state index contributed by atoms with van der Waals surface area (Å²) in [4.78, 5) is 16.1. The molecule has 1 aliphatic heterocycles. The molecule has 4 nitrogen and oxygen atoms in total. The highest BCUT2D eigenvalue weighted by Crippen LogP contribution is 2.36. The Hall–Kier alpha value is -3.36. The Balaban J connectivity index is 1.65. The van der Waals surface area contributed by atoms with Crippen molar-refractivity contribution in [3.8, 4) is 11.8 Å². The lowest BCUT2D eigenvalue weighted by Crippen LogP contribution is -2.19. The highest BCUT2D eigenvalue weighted by molar-refractivity contribution is 6.31. The topological polar surface area (TPSA) is 51.2 Å². The second-order valence-corrected chi connectivity index (χ2v) is 6.65. The van der Waals surface area contributed by atoms with Crippen LogP contribution in [0, 0.1) is 17.7 Å². The van der Waals surface area contributed by atoms with E-state index in [1.54, 1.807) is 30.6 Å². The third kappa shape index (κ3) is 3.83. The summed E-state index contributed by atoms with van der Waals surface area (Å²) in [5.74, 6) is 5.65. The number of hydrogen-bond acceptors (Lipinski definition) is 3. The minimum absolute atomic E-state index is 0.392. The Morgan fingerprint density at radius 2 is 1.89 bits per heavy atom. The maximum atomic E-state index is 13.6. The van der Waals surface area contributed by atoms with Crippen molar-refractivity contribution in [1.82, 2.24) is 10.3 Å². The van der Waals surface area contributed by atoms with Gasteiger partial charge in [0.1, 0.15) is 11.9 Å². The van der Waals surface area contributed by atoms with Gasteiger partial charge in [-0.3, -0.25) is 4.98 Å². The first-order valence-corrected chi connectivity index (χ1v) is 8.92. The number of nitrogens with zero attached hydrogens (tertiary/aromatic N) is 1. The molecule has 2 unspecified atom stereocenters. The van der Waals surface area contributed by atoms with Crippen molar-refractivity contribution in [3.05, 3.63) is 100 Å². The molecule has 1 saturated heterocycles. The van der Waals surface area contributed by atoms with E-state index in [1.165, 1.54) is 12.1 Å². The zero-order chi connectivity index (χ0) is 19.5. The summed E-state index contributed by atoms with van der Waals surface area (Å²) in [6.07, 6.45) is 2.04. The summed E-state index contributed by atoms with van der Waals surface area (Å²) < 4.78 is 19.0. The first-order valence-electron chi connectivity index (χ1n) is 8.54. The van der Waals surface area contributed by atoms with E-state index in [4.69, 9.17) is 16.3 Å². The van der Waals surface area contributed by atoms with Gasteiger partial charge < -0.3 is 10.1 Å². The summed E-state index contributed by atoms with van der Waals surface area (Å²) in [5.41, 5.74) is 2.66. The van der Waals surface area contributed by atoms with Crippen molar-refractivity contribution in [1.29, 1.82) is 0 Å². The normalized spacial score (nSPS) is 18.0. The second kappa shape index (κ2) is 7.71. The minimum Gasteiger partial charge on any atom is -0.439 e. The van der Waals surface area contributed by atoms with E-state index in [0.717, 1.165) is 0 Å². The number of aromatic nitrogens is 1. The number of amides is 1. The highest BCUT2D eigenvalue weighted by atomic mass is 35.5. The number of benzene rings is 2. The fourth-order valence-corrected chi connectivity index (χ4v) is 3.20. The van der Waals surface area contributed by atoms with Crippen molar-refractivity contribution in [2.45, 2.75) is 12.1 Å². The summed E-state index contributed by atoms with van der Waals surface area (Å²) >= 11 is 6.13. The minimum atomic E-state index is -0.656. The van der Waals surface area contributed by atoms with E-state index in [2.05, 4.69) is 22.1 Å². The molecule has 0 saturated carbocycles. The molecule has 0 aliphatic carbocycles. The molecular formula is C22H14ClFN2O2. The SMILES string of the molecule is O=C1NC(c2cncc(C#Cc3ccccc3Cl)c2)C(c2cccc(F)c2)O1. The number of carbonyl (C=O) groups excluding carboxylic acids is 1. The van der Waals surface area contributed by atoms with Gasteiger partial charge in [0.25, 0.3) is 0 Å². The van der Waals surface area contributed by atoms with Crippen LogP contribution in [0.2, 0.25) is 5.02 Å². The van der Waals surface area contributed by atoms with Crippen molar-refractivity contribution in [2.75, 3.05) is 0 Å². The van der Waals surface area contributed by atoms with Gasteiger partial charge >= 0.3 is 6.09 Å². The van der Waals surface area contributed by atoms with Crippen molar-refractivity contribution in [3.63, 3.8) is 0 Å². The van der Waals surface area contributed by atoms with E-state index in [1.807, 2.05) is 24.3 Å². The van der Waals surface area contributed by atoms with Crippen molar-refractivity contribution < 1.29 is 13.9 Å². The van der Waals surface area contributed by atoms with Gasteiger partial charge in [-0.15, -0.1) is 0 Å². The average molecular weight is 393 g/mol. The zero-order valence-corrected chi connectivity index (χ0v) is 15.3. The van der Waals surface area contributed by atoms with E-state index < -0.39 is 24.1 Å². The largest absolute Gasteiger partial charge is 0.439 e. The van der Waals surface area contributed by atoms with E-state index in [0.29, 0.717) is 27.3 Å². The first-order chi connectivity index (χ1) is 13.6. The molecule has 1 N–H and O–H groups in total. The quantitative estimate of drug-likeness (QED) is 0.637. The molecule has 0 radical (unpaired) electrons. The van der Waals surface area contributed by atoms with E-state index in [9.17, 15) is 9.18 Å². The Kier molecular flexibility index (Phi) is 4.96. The van der Waals surface area contributed by atoms with Gasteiger partial charge in [0, 0.05) is 23.5 Å². The number of carbonyl (C=O) groups is 1. The predicted molar refractivity (Wildman–Crippen MR) is 103 cm³/mol. The molecule has 0 bridgehead atoms. The molecule has 6 heteroatoms. The van der Waals surface area contributed by atoms with E-state index in [-0.39, 0.29) is 0 Å². The number of nitrogens with one attached hydrogen (secondary N) is 1. The summed E-state index contributed by atoms with van der Waals surface area (Å²) in [5, 5.41) is 3.33. The number of rotatable bonds is 2. The van der Waals surface area contributed by atoms with Gasteiger partial charge in [0.15, 0.2) is 6.10 Å². The average Bonchev–Trinajstić information content (AvgIpc) is 3.09. The fourth-order valence-electron chi connectivity index (χ4n) is 3.02. The number of pyridine rings is 1. The van der Waals surface area contributed by atoms with Crippen LogP contribution in [-0.2, 0) is 4.74 Å². The van der Waals surface area contributed by atoms with Gasteiger partial charge in [0.05, 0.1) is 5.02 Å². The Morgan fingerprint density at radius 1 is 1.04 bits per heavy atom. The first kappa shape index (κ1) is 18.0. The van der Waals surface area contributed by atoms with Crippen LogP contribution in [0.5, 0.6) is 0 Å². The van der Waals surface area contributed by atoms with Gasteiger partial charge in [-0.1, -0.05) is 47.7 Å². The standard InChI is InChI=1S/C22H14ClFN2O2/c23-19-7-2-1-4-15(19)9-8-14-10-17(13-25-12-14)20-21(28-22(27)26-20)16-5-3-6-18(24)11-16/h1-7,10-13,20-21H,(H,26,27). The summed E-state index contributed by atoms with van der Waals surface area (Å²) in [7, 11) is 0. The van der Waals surface area contributed by atoms with Gasteiger partial charge in [-0.25, -0.2) is 9.18 Å². The Labute approximate surface area is 166 Å². The Morgan fingerprint density at radius 3 is 2.71 bits per heavy atom. The van der Waals surface area contributed by atoms with Crippen LogP contribution in [0.1, 0.15) is 34.4 Å². The molecule has 2 heterocycles. The lowest BCUT2D eigenvalue weighted by Gasteiger charge is -2.17. The molecule has 1 aromatic heterocycles. The number of cyclic esters (lactones) is 1. The molecule has 1 aliphatic rings. The Bertz CT molecular complexity index is 1110. The zero-order valence-electron chi connectivity index (χ0n) is 14.5. The maximum Gasteiger partial charge on any atom is 0.408 e. The van der Waals surface area contributed by atoms with Crippen molar-refractivity contribution >= 4 is 17.7 Å². The molecule has 2 aromatic carbocycles. The molecule has 1 fully saturated rings. The molecule has 138 valence electrons. The fraction of sp³-hybridized carbons (Fsp3) is 0.0909. The molecular weight excluding hydrogens is 379 g/mol. The maximum absolute atomic E-state index is 13.6. The number of halogens is 2. The van der Waals surface area contributed by atoms with Crippen molar-refractivity contribution in [2.24, 2.45) is 0 Å². The number of ether oxygens (including phenoxy) is 1. The van der Waals surface area contributed by atoms with Gasteiger partial charge in [-0.2, -0.15) is 0 Å². The number of alkyl carbamates (subject to hydrolysis) is 1. The van der Waals surface area contributed by atoms with Gasteiger partial charge in [0.2, 0.25) is 0 Å². The summed E-state index contributed by atoms with van der Waals surface area (Å²) in [6.45, 7) is 0. The lowest BCUT2D eigenvalue weighted by atomic mass is 9.97. The van der Waals surface area contributed by atoms with Crippen LogP contribution in [0.3, 0.4) is 0 Å². The predicted octanol–water partition coefficient (Wildman–Crippen LogP) is 4.80. The third-order valence-corrected chi connectivity index (χ3v) is 4.65. The molecule has 4 rings (SSSR count). The molecule has 1 amide bonds. The number of hydrogen-bond donors (Lipinski definition) is 1. The van der Waals surface area contributed by atoms with Crippen LogP contribution in [0.4, 0.5) is 9.18 Å². The van der Waals surface area contributed by atoms with Crippen LogP contribution in [0.25, 0.3) is 0 Å². The molecule has 2 atom stereocenters. The molecule has 28 heavy (non-hydrogen) atoms. The lowest BCUT2D eigenvalue weighted by molar-refractivity contribution is 0.132. The van der Waals surface area contributed by atoms with Gasteiger partial charge in [-0.05, 0) is 41.5 Å². The smallest absolute Gasteiger partial charge is 0.408 e. The van der Waals surface area contributed by atoms with E-state index >= 15 is 0 Å². The summed E-state index contributed by atoms with van der Waals surface area (Å²) in [6, 6.07) is 14.6.